The van der Waals surface area contributed by atoms with Gasteiger partial charge in [0.05, 0.1) is 11.4 Å². The minimum absolute atomic E-state index is 1.01. The molecule has 70 heavy (non-hydrogen) atoms. The number of rotatable bonds is 5. The molecular formula is C68H48N2. The summed E-state index contributed by atoms with van der Waals surface area (Å²) in [5.41, 5.74) is 19.6. The molecule has 0 bridgehead atoms. The van der Waals surface area contributed by atoms with Gasteiger partial charge in [0.2, 0.25) is 0 Å². The molecule has 0 saturated carbocycles. The van der Waals surface area contributed by atoms with Gasteiger partial charge in [0.15, 0.2) is 0 Å². The Morgan fingerprint density at radius 3 is 1.53 bits per heavy atom. The number of anilines is 4. The summed E-state index contributed by atoms with van der Waals surface area (Å²) in [6.07, 6.45) is 22.7. The Kier molecular flexibility index (Phi) is 9.52. The molecule has 0 fully saturated rings. The lowest BCUT2D eigenvalue weighted by molar-refractivity contribution is 0.955. The van der Waals surface area contributed by atoms with Gasteiger partial charge in [-0.15, -0.1) is 0 Å². The molecule has 2 heteroatoms. The number of benzene rings is 10. The Bertz CT molecular complexity index is 4020. The van der Waals surface area contributed by atoms with E-state index in [0.717, 1.165) is 37.1 Å². The van der Waals surface area contributed by atoms with Gasteiger partial charge in [0.1, 0.15) is 0 Å². The Morgan fingerprint density at radius 2 is 0.843 bits per heavy atom. The number of nitrogens with zero attached hydrogens (tertiary/aromatic N) is 2. The van der Waals surface area contributed by atoms with Crippen molar-refractivity contribution in [1.29, 1.82) is 0 Å². The van der Waals surface area contributed by atoms with Crippen molar-refractivity contribution < 1.29 is 0 Å². The van der Waals surface area contributed by atoms with E-state index in [-0.39, 0.29) is 0 Å². The Balaban J connectivity index is 1.12. The molecule has 0 aromatic heterocycles. The quantitative estimate of drug-likeness (QED) is 0.159. The lowest BCUT2D eigenvalue weighted by Crippen LogP contribution is -2.18. The molecule has 0 spiro atoms. The molecule has 14 rings (SSSR count). The highest BCUT2D eigenvalue weighted by atomic mass is 15.2. The van der Waals surface area contributed by atoms with E-state index in [2.05, 4.69) is 253 Å². The molecule has 0 unspecified atom stereocenters. The largest absolute Gasteiger partial charge is 0.310 e. The lowest BCUT2D eigenvalue weighted by atomic mass is 9.82. The van der Waals surface area contributed by atoms with Crippen molar-refractivity contribution in [3.8, 4) is 33.4 Å². The van der Waals surface area contributed by atoms with E-state index in [1.807, 2.05) is 0 Å². The third kappa shape index (κ3) is 6.55. The summed E-state index contributed by atoms with van der Waals surface area (Å²) < 4.78 is 0. The molecule has 330 valence electrons. The van der Waals surface area contributed by atoms with Crippen LogP contribution in [0.1, 0.15) is 36.8 Å². The van der Waals surface area contributed by atoms with Crippen molar-refractivity contribution >= 4 is 78.0 Å². The molecule has 0 radical (unpaired) electrons. The first-order valence-electron chi connectivity index (χ1n) is 24.8. The average Bonchev–Trinajstić information content (AvgIpc) is 3.70. The Labute approximate surface area is 409 Å². The van der Waals surface area contributed by atoms with E-state index in [4.69, 9.17) is 0 Å². The van der Waals surface area contributed by atoms with Crippen LogP contribution in [-0.4, -0.2) is 0 Å². The number of hydrogen-bond donors (Lipinski definition) is 0. The summed E-state index contributed by atoms with van der Waals surface area (Å²) in [6, 6.07) is 72.8. The van der Waals surface area contributed by atoms with Crippen molar-refractivity contribution in [2.24, 2.45) is 0 Å². The van der Waals surface area contributed by atoms with E-state index in [1.165, 1.54) is 122 Å². The topological polar surface area (TPSA) is 6.48 Å². The molecule has 10 aromatic carbocycles. The van der Waals surface area contributed by atoms with Crippen LogP contribution in [0.15, 0.2) is 253 Å². The summed E-state index contributed by atoms with van der Waals surface area (Å²) in [4.78, 5) is 5.02. The SMILES string of the molecule is C1=CC2=C(C=Cc3ccccc3N2c2ccc3c(-c4ccccc4-c4cccc5ccccc45)c4cc(N5C6=C(C=Cc7ccccc75)CCC=C6)ccc4c(-c4ccc5ccccc5c4)c3c2)CC1. The predicted octanol–water partition coefficient (Wildman–Crippen LogP) is 18.8. The molecule has 0 amide bonds. The molecule has 4 aliphatic rings. The van der Waals surface area contributed by atoms with Gasteiger partial charge in [-0.3, -0.25) is 0 Å². The average molecular weight is 893 g/mol. The van der Waals surface area contributed by atoms with Gasteiger partial charge in [-0.05, 0) is 179 Å². The third-order valence-corrected chi connectivity index (χ3v) is 15.0. The minimum Gasteiger partial charge on any atom is -0.310 e. The van der Waals surface area contributed by atoms with Gasteiger partial charge < -0.3 is 9.80 Å². The second-order valence-corrected chi connectivity index (χ2v) is 19.0. The highest BCUT2D eigenvalue weighted by Gasteiger charge is 2.28. The van der Waals surface area contributed by atoms with Crippen LogP contribution in [0.4, 0.5) is 22.7 Å². The highest BCUT2D eigenvalue weighted by molar-refractivity contribution is 6.24. The molecule has 2 aliphatic heterocycles. The van der Waals surface area contributed by atoms with Crippen LogP contribution in [0.25, 0.3) is 88.6 Å². The van der Waals surface area contributed by atoms with Crippen molar-refractivity contribution in [3.05, 3.63) is 264 Å². The second kappa shape index (κ2) is 16.5. The van der Waals surface area contributed by atoms with Crippen LogP contribution in [0.5, 0.6) is 0 Å². The van der Waals surface area contributed by atoms with Crippen LogP contribution in [-0.2, 0) is 0 Å². The first kappa shape index (κ1) is 40.4. The lowest BCUT2D eigenvalue weighted by Gasteiger charge is -2.31. The Hall–Kier alpha value is -8.72. The fourth-order valence-electron chi connectivity index (χ4n) is 11.8. The molecule has 2 nitrogen and oxygen atoms in total. The second-order valence-electron chi connectivity index (χ2n) is 19.0. The zero-order valence-electron chi connectivity index (χ0n) is 38.8. The van der Waals surface area contributed by atoms with Gasteiger partial charge in [0.25, 0.3) is 0 Å². The van der Waals surface area contributed by atoms with Crippen molar-refractivity contribution in [3.63, 3.8) is 0 Å². The molecule has 10 aromatic rings. The zero-order valence-corrected chi connectivity index (χ0v) is 38.8. The van der Waals surface area contributed by atoms with Crippen LogP contribution in [0.2, 0.25) is 0 Å². The zero-order chi connectivity index (χ0) is 46.1. The molecular weight excluding hydrogens is 845 g/mol. The Morgan fingerprint density at radius 1 is 0.314 bits per heavy atom. The van der Waals surface area contributed by atoms with E-state index < -0.39 is 0 Å². The van der Waals surface area contributed by atoms with Gasteiger partial charge in [-0.2, -0.15) is 0 Å². The van der Waals surface area contributed by atoms with E-state index in [1.54, 1.807) is 0 Å². The molecule has 2 heterocycles. The summed E-state index contributed by atoms with van der Waals surface area (Å²) >= 11 is 0. The molecule has 0 atom stereocenters. The van der Waals surface area contributed by atoms with E-state index in [0.29, 0.717) is 0 Å². The van der Waals surface area contributed by atoms with Crippen LogP contribution in [0.3, 0.4) is 0 Å². The fourth-order valence-corrected chi connectivity index (χ4v) is 11.8. The number of para-hydroxylation sites is 2. The molecule has 0 N–H and O–H groups in total. The molecule has 2 aliphatic carbocycles. The summed E-state index contributed by atoms with van der Waals surface area (Å²) in [5.74, 6) is 0. The van der Waals surface area contributed by atoms with Crippen LogP contribution < -0.4 is 9.80 Å². The van der Waals surface area contributed by atoms with Crippen molar-refractivity contribution in [2.75, 3.05) is 9.80 Å². The minimum atomic E-state index is 1.01. The summed E-state index contributed by atoms with van der Waals surface area (Å²) in [6.45, 7) is 0. The smallest absolute Gasteiger partial charge is 0.0534 e. The summed E-state index contributed by atoms with van der Waals surface area (Å²) in [7, 11) is 0. The molecule has 0 saturated heterocycles. The van der Waals surface area contributed by atoms with Gasteiger partial charge >= 0.3 is 0 Å². The monoisotopic (exact) mass is 892 g/mol. The third-order valence-electron chi connectivity index (χ3n) is 15.0. The summed E-state index contributed by atoms with van der Waals surface area (Å²) in [5, 5.41) is 9.82. The van der Waals surface area contributed by atoms with Crippen LogP contribution in [0, 0.1) is 0 Å². The normalized spacial score (nSPS) is 15.1. The fraction of sp³-hybridized carbons (Fsp3) is 0.0588. The van der Waals surface area contributed by atoms with Crippen LogP contribution >= 0.6 is 0 Å². The van der Waals surface area contributed by atoms with Gasteiger partial charge in [-0.25, -0.2) is 0 Å². The number of hydrogen-bond acceptors (Lipinski definition) is 2. The van der Waals surface area contributed by atoms with Gasteiger partial charge in [0, 0.05) is 22.8 Å². The first-order valence-corrected chi connectivity index (χ1v) is 24.8. The maximum Gasteiger partial charge on any atom is 0.0534 e. The first-order chi connectivity index (χ1) is 34.7. The standard InChI is InChI=1S/C68H48N2/c1-2-22-51-42-52(37-32-45(51)16-1)67-59-40-38-54(70-65-30-13-6-20-49(65)35-36-50-21-7-14-31-66(50)70)44-62(59)68(58-26-10-9-25-57(58)56-27-15-23-46-17-3-8-24-55(46)56)60-41-39-53(43-61(60)67)69-63-28-11-4-18-47(63)33-34-48-19-5-12-29-64(48)69/h1-4,6,8-18,20,22-44H,5,7,19,21H2. The van der Waals surface area contributed by atoms with E-state index in [9.17, 15) is 0 Å². The van der Waals surface area contributed by atoms with Gasteiger partial charge in [-0.1, -0.05) is 188 Å². The highest BCUT2D eigenvalue weighted by Crippen LogP contribution is 2.51. The van der Waals surface area contributed by atoms with E-state index >= 15 is 0 Å². The predicted molar refractivity (Wildman–Crippen MR) is 299 cm³/mol. The van der Waals surface area contributed by atoms with Crippen molar-refractivity contribution in [1.82, 2.24) is 0 Å². The number of fused-ring (bicyclic) bond motifs is 6. The maximum atomic E-state index is 2.51. The number of allylic oxidation sites excluding steroid dienone is 8. The van der Waals surface area contributed by atoms with Crippen molar-refractivity contribution in [2.45, 2.75) is 25.7 Å². The maximum absolute atomic E-state index is 2.51.